The molecule has 0 aliphatic rings. The summed E-state index contributed by atoms with van der Waals surface area (Å²) in [7, 11) is 0. The van der Waals surface area contributed by atoms with Crippen molar-refractivity contribution in [3.05, 3.63) is 24.5 Å². The molecule has 78 valence electrons. The Morgan fingerprint density at radius 1 is 1.40 bits per heavy atom. The fraction of sp³-hybridized carbons (Fsp3) is 0.222. The SMILES string of the molecule is Nc1cccc(-c2nncn2CCO)n1. The third-order valence-corrected chi connectivity index (χ3v) is 1.96. The van der Waals surface area contributed by atoms with Gasteiger partial charge in [0, 0.05) is 6.54 Å². The van der Waals surface area contributed by atoms with Crippen molar-refractivity contribution in [1.82, 2.24) is 19.7 Å². The number of anilines is 1. The molecule has 15 heavy (non-hydrogen) atoms. The van der Waals surface area contributed by atoms with Gasteiger partial charge in [0.05, 0.1) is 6.61 Å². The van der Waals surface area contributed by atoms with E-state index in [1.807, 2.05) is 0 Å². The van der Waals surface area contributed by atoms with Crippen molar-refractivity contribution < 1.29 is 5.11 Å². The minimum Gasteiger partial charge on any atom is -0.395 e. The van der Waals surface area contributed by atoms with E-state index >= 15 is 0 Å². The zero-order valence-electron chi connectivity index (χ0n) is 8.04. The van der Waals surface area contributed by atoms with Crippen molar-refractivity contribution >= 4 is 5.82 Å². The van der Waals surface area contributed by atoms with E-state index in [0.717, 1.165) is 0 Å². The van der Waals surface area contributed by atoms with Crippen LogP contribution in [0.25, 0.3) is 11.5 Å². The van der Waals surface area contributed by atoms with Crippen LogP contribution in [-0.2, 0) is 6.54 Å². The van der Waals surface area contributed by atoms with Crippen molar-refractivity contribution in [3.63, 3.8) is 0 Å². The second-order valence-corrected chi connectivity index (χ2v) is 3.02. The molecular weight excluding hydrogens is 194 g/mol. The van der Waals surface area contributed by atoms with E-state index in [2.05, 4.69) is 15.2 Å². The van der Waals surface area contributed by atoms with Crippen LogP contribution in [0.5, 0.6) is 0 Å². The van der Waals surface area contributed by atoms with E-state index in [0.29, 0.717) is 23.9 Å². The number of pyridine rings is 1. The summed E-state index contributed by atoms with van der Waals surface area (Å²) in [5.41, 5.74) is 6.22. The number of rotatable bonds is 3. The molecule has 0 amide bonds. The first-order valence-electron chi connectivity index (χ1n) is 4.53. The lowest BCUT2D eigenvalue weighted by Gasteiger charge is -2.03. The summed E-state index contributed by atoms with van der Waals surface area (Å²) < 4.78 is 1.72. The van der Waals surface area contributed by atoms with Crippen LogP contribution in [-0.4, -0.2) is 31.5 Å². The smallest absolute Gasteiger partial charge is 0.182 e. The van der Waals surface area contributed by atoms with E-state index in [-0.39, 0.29) is 6.61 Å². The maximum atomic E-state index is 8.84. The second kappa shape index (κ2) is 4.05. The number of nitrogens with two attached hydrogens (primary N) is 1. The number of aliphatic hydroxyl groups excluding tert-OH is 1. The second-order valence-electron chi connectivity index (χ2n) is 3.02. The van der Waals surface area contributed by atoms with Crippen molar-refractivity contribution in [2.45, 2.75) is 6.54 Å². The Morgan fingerprint density at radius 2 is 2.27 bits per heavy atom. The van der Waals surface area contributed by atoms with Crippen LogP contribution in [0, 0.1) is 0 Å². The van der Waals surface area contributed by atoms with Crippen molar-refractivity contribution in [2.75, 3.05) is 12.3 Å². The summed E-state index contributed by atoms with van der Waals surface area (Å²) in [5, 5.41) is 16.5. The Balaban J connectivity index is 2.40. The Hall–Kier alpha value is -1.95. The van der Waals surface area contributed by atoms with Crippen LogP contribution in [0.1, 0.15) is 0 Å². The van der Waals surface area contributed by atoms with E-state index in [1.165, 1.54) is 0 Å². The Morgan fingerprint density at radius 3 is 3.00 bits per heavy atom. The van der Waals surface area contributed by atoms with Crippen LogP contribution >= 0.6 is 0 Å². The average molecular weight is 205 g/mol. The zero-order valence-corrected chi connectivity index (χ0v) is 8.04. The monoisotopic (exact) mass is 205 g/mol. The molecule has 2 rings (SSSR count). The first kappa shape index (κ1) is 9.60. The molecule has 0 bridgehead atoms. The number of aliphatic hydroxyl groups is 1. The highest BCUT2D eigenvalue weighted by molar-refractivity contribution is 5.52. The number of aromatic nitrogens is 4. The highest BCUT2D eigenvalue weighted by Crippen LogP contribution is 2.14. The van der Waals surface area contributed by atoms with Gasteiger partial charge in [-0.3, -0.25) is 0 Å². The Labute approximate surface area is 86.4 Å². The van der Waals surface area contributed by atoms with E-state index in [9.17, 15) is 0 Å². The number of nitrogen functional groups attached to an aromatic ring is 1. The molecule has 0 fully saturated rings. The topological polar surface area (TPSA) is 89.8 Å². The van der Waals surface area contributed by atoms with Crippen LogP contribution in [0.4, 0.5) is 5.82 Å². The van der Waals surface area contributed by atoms with Gasteiger partial charge in [-0.2, -0.15) is 0 Å². The van der Waals surface area contributed by atoms with Crippen molar-refractivity contribution in [2.24, 2.45) is 0 Å². The van der Waals surface area contributed by atoms with Gasteiger partial charge in [-0.15, -0.1) is 10.2 Å². The molecule has 2 aromatic heterocycles. The molecule has 0 saturated carbocycles. The van der Waals surface area contributed by atoms with Gasteiger partial charge in [0.25, 0.3) is 0 Å². The van der Waals surface area contributed by atoms with Gasteiger partial charge in [0.2, 0.25) is 0 Å². The summed E-state index contributed by atoms with van der Waals surface area (Å²) in [6, 6.07) is 5.31. The van der Waals surface area contributed by atoms with Gasteiger partial charge in [-0.1, -0.05) is 6.07 Å². The van der Waals surface area contributed by atoms with E-state index in [4.69, 9.17) is 10.8 Å². The maximum Gasteiger partial charge on any atom is 0.182 e. The third kappa shape index (κ3) is 1.94. The molecule has 0 radical (unpaired) electrons. The molecule has 0 unspecified atom stereocenters. The van der Waals surface area contributed by atoms with Gasteiger partial charge in [-0.25, -0.2) is 4.98 Å². The molecule has 3 N–H and O–H groups in total. The lowest BCUT2D eigenvalue weighted by molar-refractivity contribution is 0.276. The van der Waals surface area contributed by atoms with Gasteiger partial charge in [-0.05, 0) is 12.1 Å². The maximum absolute atomic E-state index is 8.84. The fourth-order valence-electron chi connectivity index (χ4n) is 1.30. The average Bonchev–Trinajstić information content (AvgIpc) is 2.66. The van der Waals surface area contributed by atoms with Crippen LogP contribution in [0.3, 0.4) is 0 Å². The fourth-order valence-corrected chi connectivity index (χ4v) is 1.30. The van der Waals surface area contributed by atoms with Crippen molar-refractivity contribution in [3.8, 4) is 11.5 Å². The molecule has 2 aromatic rings. The molecule has 6 heteroatoms. The lowest BCUT2D eigenvalue weighted by Crippen LogP contribution is -2.04. The number of nitrogens with zero attached hydrogens (tertiary/aromatic N) is 4. The quantitative estimate of drug-likeness (QED) is 0.731. The van der Waals surface area contributed by atoms with E-state index < -0.39 is 0 Å². The van der Waals surface area contributed by atoms with Crippen molar-refractivity contribution in [1.29, 1.82) is 0 Å². The van der Waals surface area contributed by atoms with Crippen LogP contribution in [0.15, 0.2) is 24.5 Å². The van der Waals surface area contributed by atoms with Gasteiger partial charge in [0.15, 0.2) is 5.82 Å². The van der Waals surface area contributed by atoms with Gasteiger partial charge in [0.1, 0.15) is 17.8 Å². The van der Waals surface area contributed by atoms with Crippen LogP contribution < -0.4 is 5.73 Å². The first-order valence-corrected chi connectivity index (χ1v) is 4.53. The summed E-state index contributed by atoms with van der Waals surface area (Å²) in [4.78, 5) is 4.13. The lowest BCUT2D eigenvalue weighted by atomic mass is 10.3. The third-order valence-electron chi connectivity index (χ3n) is 1.96. The largest absolute Gasteiger partial charge is 0.395 e. The predicted molar refractivity (Wildman–Crippen MR) is 54.8 cm³/mol. The summed E-state index contributed by atoms with van der Waals surface area (Å²) in [6.07, 6.45) is 1.55. The van der Waals surface area contributed by atoms with Gasteiger partial charge < -0.3 is 15.4 Å². The molecule has 0 aliphatic heterocycles. The Kier molecular flexibility index (Phi) is 2.59. The minimum atomic E-state index is 0.0351. The van der Waals surface area contributed by atoms with E-state index in [1.54, 1.807) is 29.1 Å². The molecule has 0 spiro atoms. The highest BCUT2D eigenvalue weighted by Gasteiger charge is 2.07. The van der Waals surface area contributed by atoms with Gasteiger partial charge >= 0.3 is 0 Å². The first-order chi connectivity index (χ1) is 7.31. The summed E-state index contributed by atoms with van der Waals surface area (Å²) in [5.74, 6) is 1.04. The normalized spacial score (nSPS) is 10.5. The summed E-state index contributed by atoms with van der Waals surface area (Å²) >= 11 is 0. The summed E-state index contributed by atoms with van der Waals surface area (Å²) in [6.45, 7) is 0.478. The molecule has 0 saturated heterocycles. The molecule has 0 aromatic carbocycles. The Bertz CT molecular complexity index is 453. The number of hydrogen-bond acceptors (Lipinski definition) is 5. The molecular formula is C9H11N5O. The van der Waals surface area contributed by atoms with Crippen LogP contribution in [0.2, 0.25) is 0 Å². The predicted octanol–water partition coefficient (Wildman–Crippen LogP) is -0.0854. The standard InChI is InChI=1S/C9H11N5O/c10-8-3-1-2-7(12-8)9-13-11-6-14(9)4-5-15/h1-3,6,15H,4-5H2,(H2,10,12). The molecule has 2 heterocycles. The molecule has 6 nitrogen and oxygen atoms in total. The molecule has 0 atom stereocenters. The molecule has 0 aliphatic carbocycles. The highest BCUT2D eigenvalue weighted by atomic mass is 16.3. The zero-order chi connectivity index (χ0) is 10.7. The number of hydrogen-bond donors (Lipinski definition) is 2. The minimum absolute atomic E-state index is 0.0351.